The van der Waals surface area contributed by atoms with E-state index in [1.54, 1.807) is 19.2 Å². The number of carbonyl (C=O) groups is 2. The smallest absolute Gasteiger partial charge is 0.324 e. The van der Waals surface area contributed by atoms with E-state index >= 15 is 0 Å². The van der Waals surface area contributed by atoms with Crippen molar-refractivity contribution >= 4 is 11.9 Å². The summed E-state index contributed by atoms with van der Waals surface area (Å²) in [6.07, 6.45) is 0. The number of imide groups is 1. The van der Waals surface area contributed by atoms with Crippen LogP contribution in [0.2, 0.25) is 0 Å². The minimum Gasteiger partial charge on any atom is -0.508 e. The Hall–Kier alpha value is -2.04. The van der Waals surface area contributed by atoms with Gasteiger partial charge in [0.15, 0.2) is 0 Å². The highest BCUT2D eigenvalue weighted by Gasteiger charge is 2.36. The summed E-state index contributed by atoms with van der Waals surface area (Å²) in [6.45, 7) is 0. The summed E-state index contributed by atoms with van der Waals surface area (Å²) in [5.74, 6) is -0.209. The minimum absolute atomic E-state index is 0.131. The van der Waals surface area contributed by atoms with Crippen LogP contribution < -0.4 is 5.32 Å². The molecule has 78 valence electrons. The van der Waals surface area contributed by atoms with E-state index in [-0.39, 0.29) is 11.7 Å². The molecule has 2 N–H and O–H groups in total. The first-order chi connectivity index (χ1) is 7.09. The fourth-order valence-corrected chi connectivity index (χ4v) is 1.59. The summed E-state index contributed by atoms with van der Waals surface area (Å²) in [5, 5.41) is 11.3. The van der Waals surface area contributed by atoms with Crippen molar-refractivity contribution in [1.82, 2.24) is 10.2 Å². The fraction of sp³-hybridized carbons (Fsp3) is 0.200. The highest BCUT2D eigenvalue weighted by atomic mass is 16.3. The normalized spacial score (nSPS) is 20.6. The van der Waals surface area contributed by atoms with Crippen molar-refractivity contribution in [3.63, 3.8) is 0 Å². The number of hydrogen-bond donors (Lipinski definition) is 2. The summed E-state index contributed by atoms with van der Waals surface area (Å²) in [4.78, 5) is 24.0. The number of phenols is 1. The Morgan fingerprint density at radius 3 is 2.33 bits per heavy atom. The van der Waals surface area contributed by atoms with E-state index < -0.39 is 12.1 Å². The van der Waals surface area contributed by atoms with E-state index in [1.165, 1.54) is 17.0 Å². The molecular formula is C10H10N2O3. The van der Waals surface area contributed by atoms with Gasteiger partial charge >= 0.3 is 6.03 Å². The molecule has 0 spiro atoms. The van der Waals surface area contributed by atoms with Crippen molar-refractivity contribution in [2.24, 2.45) is 0 Å². The molecule has 1 aromatic rings. The highest BCUT2D eigenvalue weighted by Crippen LogP contribution is 2.25. The van der Waals surface area contributed by atoms with Gasteiger partial charge in [0.25, 0.3) is 5.91 Å². The number of phenolic OH excluding ortho intramolecular Hbond substituents is 1. The third-order valence-electron chi connectivity index (χ3n) is 2.39. The van der Waals surface area contributed by atoms with Gasteiger partial charge in [-0.1, -0.05) is 12.1 Å². The lowest BCUT2D eigenvalue weighted by molar-refractivity contribution is -0.121. The molecule has 0 bridgehead atoms. The van der Waals surface area contributed by atoms with Gasteiger partial charge in [0.1, 0.15) is 11.8 Å². The quantitative estimate of drug-likeness (QED) is 0.661. The maximum absolute atomic E-state index is 11.4. The first-order valence-electron chi connectivity index (χ1n) is 4.46. The Morgan fingerprint density at radius 2 is 1.87 bits per heavy atom. The van der Waals surface area contributed by atoms with E-state index in [0.717, 1.165) is 0 Å². The number of amides is 3. The van der Waals surface area contributed by atoms with Crippen molar-refractivity contribution in [2.45, 2.75) is 6.04 Å². The molecule has 1 fully saturated rings. The summed E-state index contributed by atoms with van der Waals surface area (Å²) in [5.41, 5.74) is 0.679. The van der Waals surface area contributed by atoms with Gasteiger partial charge in [-0.25, -0.2) is 4.79 Å². The monoisotopic (exact) mass is 206 g/mol. The number of carbonyl (C=O) groups excluding carboxylic acids is 2. The average Bonchev–Trinajstić information content (AvgIpc) is 2.44. The molecule has 1 heterocycles. The third kappa shape index (κ3) is 1.52. The molecule has 0 aromatic heterocycles. The predicted molar refractivity (Wildman–Crippen MR) is 52.1 cm³/mol. The second-order valence-electron chi connectivity index (χ2n) is 3.40. The van der Waals surface area contributed by atoms with Gasteiger partial charge in [0, 0.05) is 7.05 Å². The zero-order valence-electron chi connectivity index (χ0n) is 8.10. The zero-order valence-corrected chi connectivity index (χ0v) is 8.10. The van der Waals surface area contributed by atoms with Crippen LogP contribution in [0.3, 0.4) is 0 Å². The molecule has 5 heteroatoms. The molecule has 3 amide bonds. The Labute approximate surface area is 86.3 Å². The molecule has 1 atom stereocenters. The average molecular weight is 206 g/mol. The van der Waals surface area contributed by atoms with Gasteiger partial charge in [-0.3, -0.25) is 10.1 Å². The number of urea groups is 1. The van der Waals surface area contributed by atoms with Gasteiger partial charge < -0.3 is 10.0 Å². The summed E-state index contributed by atoms with van der Waals surface area (Å²) in [6, 6.07) is 5.21. The van der Waals surface area contributed by atoms with Gasteiger partial charge in [0.2, 0.25) is 0 Å². The number of nitrogens with zero attached hydrogens (tertiary/aromatic N) is 1. The number of benzene rings is 1. The molecule has 0 saturated carbocycles. The number of hydrogen-bond acceptors (Lipinski definition) is 3. The standard InChI is InChI=1S/C10H10N2O3/c1-12-8(9(14)11-10(12)15)6-2-4-7(13)5-3-6/h2-5,8,13H,1H3,(H,11,14,15). The summed E-state index contributed by atoms with van der Waals surface area (Å²) >= 11 is 0. The highest BCUT2D eigenvalue weighted by molar-refractivity contribution is 6.04. The van der Waals surface area contributed by atoms with Gasteiger partial charge in [-0.15, -0.1) is 0 Å². The Bertz CT molecular complexity index is 413. The summed E-state index contributed by atoms with van der Waals surface area (Å²) < 4.78 is 0. The molecule has 0 radical (unpaired) electrons. The molecule has 1 unspecified atom stereocenters. The lowest BCUT2D eigenvalue weighted by Gasteiger charge is -2.16. The molecule has 5 nitrogen and oxygen atoms in total. The SMILES string of the molecule is CN1C(=O)NC(=O)C1c1ccc(O)cc1. The van der Waals surface area contributed by atoms with Crippen LogP contribution in [0.1, 0.15) is 11.6 Å². The van der Waals surface area contributed by atoms with Crippen molar-refractivity contribution in [3.05, 3.63) is 29.8 Å². The van der Waals surface area contributed by atoms with Crippen molar-refractivity contribution < 1.29 is 14.7 Å². The lowest BCUT2D eigenvalue weighted by atomic mass is 10.1. The van der Waals surface area contributed by atoms with Gasteiger partial charge in [0.05, 0.1) is 0 Å². The summed E-state index contributed by atoms with van der Waals surface area (Å²) in [7, 11) is 1.55. The number of rotatable bonds is 1. The zero-order chi connectivity index (χ0) is 11.0. The first kappa shape index (κ1) is 9.51. The van der Waals surface area contributed by atoms with Crippen LogP contribution in [0, 0.1) is 0 Å². The second kappa shape index (κ2) is 3.27. The maximum atomic E-state index is 11.4. The lowest BCUT2D eigenvalue weighted by Crippen LogP contribution is -2.25. The predicted octanol–water partition coefficient (Wildman–Crippen LogP) is 0.615. The molecule has 0 aliphatic carbocycles. The van der Waals surface area contributed by atoms with Gasteiger partial charge in [-0.05, 0) is 17.7 Å². The molecule has 1 aromatic carbocycles. The largest absolute Gasteiger partial charge is 0.508 e. The molecule has 2 rings (SSSR count). The van der Waals surface area contributed by atoms with Crippen LogP contribution in [-0.4, -0.2) is 29.0 Å². The van der Waals surface area contributed by atoms with Gasteiger partial charge in [-0.2, -0.15) is 0 Å². The first-order valence-corrected chi connectivity index (χ1v) is 4.46. The number of nitrogens with one attached hydrogen (secondary N) is 1. The van der Waals surface area contributed by atoms with Crippen LogP contribution in [0.25, 0.3) is 0 Å². The van der Waals surface area contributed by atoms with Crippen LogP contribution in [-0.2, 0) is 4.79 Å². The van der Waals surface area contributed by atoms with Crippen LogP contribution in [0.4, 0.5) is 4.79 Å². The topological polar surface area (TPSA) is 69.6 Å². The molecule has 15 heavy (non-hydrogen) atoms. The maximum Gasteiger partial charge on any atom is 0.324 e. The van der Waals surface area contributed by atoms with Crippen LogP contribution >= 0.6 is 0 Å². The van der Waals surface area contributed by atoms with E-state index in [9.17, 15) is 9.59 Å². The second-order valence-corrected chi connectivity index (χ2v) is 3.40. The minimum atomic E-state index is -0.599. The van der Waals surface area contributed by atoms with Crippen molar-refractivity contribution in [1.29, 1.82) is 0 Å². The van der Waals surface area contributed by atoms with Crippen molar-refractivity contribution in [2.75, 3.05) is 7.05 Å². The van der Waals surface area contributed by atoms with E-state index in [2.05, 4.69) is 5.32 Å². The van der Waals surface area contributed by atoms with E-state index in [0.29, 0.717) is 5.56 Å². The Morgan fingerprint density at radius 1 is 1.27 bits per heavy atom. The molecular weight excluding hydrogens is 196 g/mol. The molecule has 1 aliphatic rings. The van der Waals surface area contributed by atoms with E-state index in [4.69, 9.17) is 5.11 Å². The fourth-order valence-electron chi connectivity index (χ4n) is 1.59. The number of aromatic hydroxyl groups is 1. The third-order valence-corrected chi connectivity index (χ3v) is 2.39. The number of likely N-dealkylation sites (N-methyl/N-ethyl adjacent to an activating group) is 1. The van der Waals surface area contributed by atoms with E-state index in [1.807, 2.05) is 0 Å². The van der Waals surface area contributed by atoms with Crippen LogP contribution in [0.5, 0.6) is 5.75 Å². The van der Waals surface area contributed by atoms with Crippen LogP contribution in [0.15, 0.2) is 24.3 Å². The Kier molecular flexibility index (Phi) is 2.07. The molecule has 1 aliphatic heterocycles. The van der Waals surface area contributed by atoms with Crippen molar-refractivity contribution in [3.8, 4) is 5.75 Å². The molecule has 1 saturated heterocycles. The Balaban J connectivity index is 2.34.